The fourth-order valence-electron chi connectivity index (χ4n) is 2.90. The topological polar surface area (TPSA) is 68.9 Å². The number of guanidine groups is 1. The second kappa shape index (κ2) is 8.56. The first-order valence-corrected chi connectivity index (χ1v) is 8.86. The monoisotopic (exact) mass is 357 g/mol. The van der Waals surface area contributed by atoms with Gasteiger partial charge in [-0.05, 0) is 24.6 Å². The van der Waals surface area contributed by atoms with Gasteiger partial charge in [-0.3, -0.25) is 0 Å². The van der Waals surface area contributed by atoms with E-state index in [0.717, 1.165) is 24.2 Å². The van der Waals surface area contributed by atoms with E-state index >= 15 is 0 Å². The van der Waals surface area contributed by atoms with E-state index < -0.39 is 0 Å². The van der Waals surface area contributed by atoms with Crippen LogP contribution in [0.1, 0.15) is 31.4 Å². The first-order chi connectivity index (χ1) is 12.7. The largest absolute Gasteiger partial charge is 0.493 e. The van der Waals surface area contributed by atoms with Gasteiger partial charge in [0.05, 0.1) is 19.2 Å². The highest BCUT2D eigenvalue weighted by Gasteiger charge is 2.21. The number of aliphatic imine (C=N–C) groups is 1. The van der Waals surface area contributed by atoms with E-state index in [2.05, 4.69) is 10.3 Å². The van der Waals surface area contributed by atoms with Gasteiger partial charge in [0.25, 0.3) is 0 Å². The molecule has 2 atom stereocenters. The molecular weight excluding hydrogens is 333 g/mol. The molecule has 5 nitrogen and oxygen atoms in total. The smallest absolute Gasteiger partial charge is 0.189 e. The summed E-state index contributed by atoms with van der Waals surface area (Å²) in [5.41, 5.74) is 7.15. The van der Waals surface area contributed by atoms with Crippen molar-refractivity contribution in [2.45, 2.75) is 31.9 Å². The molecule has 2 aromatic rings. The molecule has 0 saturated carbocycles. The molecule has 3 N–H and O–H groups in total. The number of halogens is 1. The van der Waals surface area contributed by atoms with Gasteiger partial charge in [0.1, 0.15) is 23.4 Å². The maximum atomic E-state index is 13.3. The predicted octanol–water partition coefficient (Wildman–Crippen LogP) is 3.41. The molecule has 2 aromatic carbocycles. The van der Waals surface area contributed by atoms with Crippen molar-refractivity contribution in [3.8, 4) is 11.5 Å². The van der Waals surface area contributed by atoms with Crippen LogP contribution in [0.15, 0.2) is 53.5 Å². The molecule has 0 spiro atoms. The van der Waals surface area contributed by atoms with Crippen molar-refractivity contribution in [2.75, 3.05) is 13.2 Å². The molecule has 6 heteroatoms. The number of nitrogens with zero attached hydrogens (tertiary/aromatic N) is 1. The van der Waals surface area contributed by atoms with Crippen LogP contribution in [-0.4, -0.2) is 25.2 Å². The number of para-hydroxylation sites is 1. The number of hydrogen-bond acceptors (Lipinski definition) is 3. The zero-order chi connectivity index (χ0) is 18.4. The average Bonchev–Trinajstić information content (AvgIpc) is 2.65. The SMILES string of the molecule is CCC(CN=C(N)NC1CCOc2ccccc21)Oc1cccc(F)c1. The summed E-state index contributed by atoms with van der Waals surface area (Å²) in [6, 6.07) is 14.1. The number of nitrogens with one attached hydrogen (secondary N) is 1. The number of fused-ring (bicyclic) bond motifs is 1. The van der Waals surface area contributed by atoms with Gasteiger partial charge in [0, 0.05) is 18.1 Å². The fraction of sp³-hybridized carbons (Fsp3) is 0.350. The summed E-state index contributed by atoms with van der Waals surface area (Å²) < 4.78 is 24.7. The Balaban J connectivity index is 1.59. The first kappa shape index (κ1) is 18.0. The Bertz CT molecular complexity index is 766. The van der Waals surface area contributed by atoms with Crippen LogP contribution in [0.25, 0.3) is 0 Å². The van der Waals surface area contributed by atoms with Gasteiger partial charge in [-0.25, -0.2) is 9.38 Å². The molecule has 3 rings (SSSR count). The van der Waals surface area contributed by atoms with Crippen molar-refractivity contribution >= 4 is 5.96 Å². The predicted molar refractivity (Wildman–Crippen MR) is 100 cm³/mol. The molecule has 1 aliphatic heterocycles. The third kappa shape index (κ3) is 4.65. The Morgan fingerprint density at radius 2 is 2.19 bits per heavy atom. The highest BCUT2D eigenvalue weighted by Crippen LogP contribution is 2.31. The van der Waals surface area contributed by atoms with E-state index in [9.17, 15) is 4.39 Å². The van der Waals surface area contributed by atoms with Crippen LogP contribution in [0.4, 0.5) is 4.39 Å². The van der Waals surface area contributed by atoms with Crippen LogP contribution in [0.3, 0.4) is 0 Å². The van der Waals surface area contributed by atoms with Crippen molar-refractivity contribution < 1.29 is 13.9 Å². The molecule has 0 bridgehead atoms. The number of ether oxygens (including phenoxy) is 2. The average molecular weight is 357 g/mol. The number of rotatable bonds is 6. The lowest BCUT2D eigenvalue weighted by atomic mass is 10.0. The molecular formula is C20H24FN3O2. The van der Waals surface area contributed by atoms with Gasteiger partial charge >= 0.3 is 0 Å². The van der Waals surface area contributed by atoms with Crippen LogP contribution in [-0.2, 0) is 0 Å². The van der Waals surface area contributed by atoms with Crippen LogP contribution in [0.2, 0.25) is 0 Å². The van der Waals surface area contributed by atoms with E-state index in [1.54, 1.807) is 12.1 Å². The number of hydrogen-bond donors (Lipinski definition) is 2. The van der Waals surface area contributed by atoms with Crippen LogP contribution < -0.4 is 20.5 Å². The van der Waals surface area contributed by atoms with Gasteiger partial charge in [0.2, 0.25) is 0 Å². The molecule has 0 radical (unpaired) electrons. The Morgan fingerprint density at radius 1 is 1.35 bits per heavy atom. The molecule has 138 valence electrons. The summed E-state index contributed by atoms with van der Waals surface area (Å²) >= 11 is 0. The zero-order valence-corrected chi connectivity index (χ0v) is 14.8. The van der Waals surface area contributed by atoms with E-state index in [4.69, 9.17) is 15.2 Å². The van der Waals surface area contributed by atoms with Crippen molar-refractivity contribution in [3.63, 3.8) is 0 Å². The second-order valence-corrected chi connectivity index (χ2v) is 6.20. The maximum absolute atomic E-state index is 13.3. The van der Waals surface area contributed by atoms with Gasteiger partial charge in [-0.1, -0.05) is 31.2 Å². The van der Waals surface area contributed by atoms with Gasteiger partial charge in [0.15, 0.2) is 5.96 Å². The van der Waals surface area contributed by atoms with Crippen molar-refractivity contribution in [2.24, 2.45) is 10.7 Å². The van der Waals surface area contributed by atoms with Crippen molar-refractivity contribution in [1.82, 2.24) is 5.32 Å². The Labute approximate surface area is 153 Å². The molecule has 26 heavy (non-hydrogen) atoms. The highest BCUT2D eigenvalue weighted by atomic mass is 19.1. The first-order valence-electron chi connectivity index (χ1n) is 8.86. The quantitative estimate of drug-likeness (QED) is 0.614. The third-order valence-corrected chi connectivity index (χ3v) is 4.30. The van der Waals surface area contributed by atoms with E-state index in [-0.39, 0.29) is 18.0 Å². The Kier molecular flexibility index (Phi) is 5.94. The summed E-state index contributed by atoms with van der Waals surface area (Å²) in [4.78, 5) is 4.40. The van der Waals surface area contributed by atoms with Gasteiger partial charge < -0.3 is 20.5 Å². The molecule has 0 saturated heterocycles. The standard InChI is InChI=1S/C20H24FN3O2/c1-2-15(26-16-7-5-6-14(21)12-16)13-23-20(22)24-18-10-11-25-19-9-4-3-8-17(18)19/h3-9,12,15,18H,2,10-11,13H2,1H3,(H3,22,23,24). The number of nitrogens with two attached hydrogens (primary N) is 1. The lowest BCUT2D eigenvalue weighted by molar-refractivity contribution is 0.205. The molecule has 0 fully saturated rings. The molecule has 2 unspecified atom stereocenters. The molecule has 0 amide bonds. The lowest BCUT2D eigenvalue weighted by Crippen LogP contribution is -2.38. The molecule has 1 aliphatic rings. The van der Waals surface area contributed by atoms with Crippen molar-refractivity contribution in [3.05, 3.63) is 59.9 Å². The summed E-state index contributed by atoms with van der Waals surface area (Å²) in [5, 5.41) is 3.26. The molecule has 1 heterocycles. The normalized spacial score (nSPS) is 17.8. The van der Waals surface area contributed by atoms with Crippen LogP contribution in [0, 0.1) is 5.82 Å². The minimum Gasteiger partial charge on any atom is -0.493 e. The summed E-state index contributed by atoms with van der Waals surface area (Å²) in [6.07, 6.45) is 1.40. The summed E-state index contributed by atoms with van der Waals surface area (Å²) in [6.45, 7) is 3.04. The lowest BCUT2D eigenvalue weighted by Gasteiger charge is -2.27. The number of benzene rings is 2. The Hall–Kier alpha value is -2.76. The van der Waals surface area contributed by atoms with Gasteiger partial charge in [-0.2, -0.15) is 0 Å². The zero-order valence-electron chi connectivity index (χ0n) is 14.8. The molecule has 0 aliphatic carbocycles. The minimum absolute atomic E-state index is 0.0768. The fourth-order valence-corrected chi connectivity index (χ4v) is 2.90. The molecule has 0 aromatic heterocycles. The highest BCUT2D eigenvalue weighted by molar-refractivity contribution is 5.78. The Morgan fingerprint density at radius 3 is 3.00 bits per heavy atom. The van der Waals surface area contributed by atoms with Crippen molar-refractivity contribution in [1.29, 1.82) is 0 Å². The summed E-state index contributed by atoms with van der Waals surface area (Å²) in [7, 11) is 0. The van der Waals surface area contributed by atoms with Crippen LogP contribution in [0.5, 0.6) is 11.5 Å². The van der Waals surface area contributed by atoms with E-state index in [0.29, 0.717) is 24.9 Å². The third-order valence-electron chi connectivity index (χ3n) is 4.30. The maximum Gasteiger partial charge on any atom is 0.189 e. The summed E-state index contributed by atoms with van der Waals surface area (Å²) in [5.74, 6) is 1.43. The minimum atomic E-state index is -0.319. The van der Waals surface area contributed by atoms with E-state index in [1.165, 1.54) is 12.1 Å². The van der Waals surface area contributed by atoms with Gasteiger partial charge in [-0.15, -0.1) is 0 Å². The van der Waals surface area contributed by atoms with Crippen LogP contribution >= 0.6 is 0 Å². The second-order valence-electron chi connectivity index (χ2n) is 6.20. The van der Waals surface area contributed by atoms with E-state index in [1.807, 2.05) is 31.2 Å².